The van der Waals surface area contributed by atoms with Gasteiger partial charge in [-0.1, -0.05) is 30.3 Å². The number of nitrogen functional groups attached to an aromatic ring is 1. The van der Waals surface area contributed by atoms with Crippen LogP contribution < -0.4 is 16.4 Å². The van der Waals surface area contributed by atoms with Gasteiger partial charge in [-0.3, -0.25) is 0 Å². The van der Waals surface area contributed by atoms with Crippen molar-refractivity contribution in [3.63, 3.8) is 0 Å². The monoisotopic (exact) mass is 358 g/mol. The Morgan fingerprint density at radius 1 is 0.963 bits per heavy atom. The second-order valence-electron chi connectivity index (χ2n) is 6.09. The van der Waals surface area contributed by atoms with E-state index in [-0.39, 0.29) is 6.03 Å². The van der Waals surface area contributed by atoms with E-state index in [9.17, 15) is 4.79 Å². The van der Waals surface area contributed by atoms with Gasteiger partial charge in [-0.25, -0.2) is 14.5 Å². The molecule has 4 N–H and O–H groups in total. The molecule has 134 valence electrons. The minimum atomic E-state index is -0.295. The number of benzene rings is 2. The number of carbonyl (C=O) groups is 1. The van der Waals surface area contributed by atoms with Gasteiger partial charge in [0.05, 0.1) is 5.39 Å². The number of nitrogens with two attached hydrogens (primary N) is 1. The van der Waals surface area contributed by atoms with Crippen molar-refractivity contribution in [2.75, 3.05) is 16.4 Å². The standard InChI is InChI=1S/C20H18N6O/c1-26-19-17(18(21)25-26)16(11-12-22-19)13-7-9-15(10-8-13)24-20(27)23-14-5-3-2-4-6-14/h2-12H,1H3,(H2,21,25)(H2,23,24,27). The average molecular weight is 358 g/mol. The van der Waals surface area contributed by atoms with E-state index in [4.69, 9.17) is 5.73 Å². The number of aromatic nitrogens is 3. The quantitative estimate of drug-likeness (QED) is 0.518. The van der Waals surface area contributed by atoms with Gasteiger partial charge in [0.1, 0.15) is 0 Å². The Morgan fingerprint density at radius 3 is 2.33 bits per heavy atom. The predicted octanol–water partition coefficient (Wildman–Crippen LogP) is 3.86. The van der Waals surface area contributed by atoms with Gasteiger partial charge in [0, 0.05) is 24.6 Å². The summed E-state index contributed by atoms with van der Waals surface area (Å²) in [7, 11) is 1.81. The molecule has 7 heteroatoms. The molecule has 4 rings (SSSR count). The lowest BCUT2D eigenvalue weighted by molar-refractivity contribution is 0.262. The Balaban J connectivity index is 1.55. The molecule has 0 aliphatic carbocycles. The van der Waals surface area contributed by atoms with Gasteiger partial charge in [-0.2, -0.15) is 5.10 Å². The third kappa shape index (κ3) is 3.30. The van der Waals surface area contributed by atoms with Crippen LogP contribution in [0.3, 0.4) is 0 Å². The summed E-state index contributed by atoms with van der Waals surface area (Å²) in [4.78, 5) is 16.4. The maximum absolute atomic E-state index is 12.1. The molecule has 0 aliphatic heterocycles. The molecule has 0 unspecified atom stereocenters. The molecule has 0 saturated carbocycles. The Bertz CT molecular complexity index is 1100. The summed E-state index contributed by atoms with van der Waals surface area (Å²) in [5.41, 5.74) is 10.1. The van der Waals surface area contributed by atoms with E-state index >= 15 is 0 Å². The molecule has 0 fully saturated rings. The molecule has 2 amide bonds. The van der Waals surface area contributed by atoms with Crippen LogP contribution in [0.5, 0.6) is 0 Å². The number of fused-ring (bicyclic) bond motifs is 1. The van der Waals surface area contributed by atoms with E-state index in [1.165, 1.54) is 0 Å². The first kappa shape index (κ1) is 16.6. The van der Waals surface area contributed by atoms with Crippen molar-refractivity contribution in [3.8, 4) is 11.1 Å². The van der Waals surface area contributed by atoms with Crippen LogP contribution in [0, 0.1) is 0 Å². The lowest BCUT2D eigenvalue weighted by Gasteiger charge is -2.09. The van der Waals surface area contributed by atoms with Crippen LogP contribution >= 0.6 is 0 Å². The highest BCUT2D eigenvalue weighted by Gasteiger charge is 2.13. The van der Waals surface area contributed by atoms with Crippen LogP contribution in [-0.2, 0) is 7.05 Å². The van der Waals surface area contributed by atoms with Crippen LogP contribution in [0.25, 0.3) is 22.2 Å². The number of nitrogens with one attached hydrogen (secondary N) is 2. The highest BCUT2D eigenvalue weighted by atomic mass is 16.2. The third-order valence-corrected chi connectivity index (χ3v) is 4.24. The fourth-order valence-corrected chi connectivity index (χ4v) is 3.00. The van der Waals surface area contributed by atoms with Crippen molar-refractivity contribution in [2.45, 2.75) is 0 Å². The summed E-state index contributed by atoms with van der Waals surface area (Å²) in [6.45, 7) is 0. The Kier molecular flexibility index (Phi) is 4.18. The minimum absolute atomic E-state index is 0.295. The Morgan fingerprint density at radius 2 is 1.63 bits per heavy atom. The van der Waals surface area contributed by atoms with Crippen LogP contribution in [0.2, 0.25) is 0 Å². The number of amides is 2. The van der Waals surface area contributed by atoms with Crippen molar-refractivity contribution >= 4 is 34.3 Å². The number of urea groups is 1. The molecule has 2 aromatic heterocycles. The molecule has 7 nitrogen and oxygen atoms in total. The van der Waals surface area contributed by atoms with E-state index in [2.05, 4.69) is 20.7 Å². The molecule has 0 radical (unpaired) electrons. The van der Waals surface area contributed by atoms with Gasteiger partial charge in [0.2, 0.25) is 0 Å². The van der Waals surface area contributed by atoms with Gasteiger partial charge in [-0.05, 0) is 41.5 Å². The Hall–Kier alpha value is -3.87. The molecule has 0 spiro atoms. The van der Waals surface area contributed by atoms with Gasteiger partial charge < -0.3 is 16.4 Å². The molecule has 2 heterocycles. The van der Waals surface area contributed by atoms with E-state index < -0.39 is 0 Å². The van der Waals surface area contributed by atoms with Crippen molar-refractivity contribution < 1.29 is 4.79 Å². The van der Waals surface area contributed by atoms with Crippen LogP contribution in [-0.4, -0.2) is 20.8 Å². The van der Waals surface area contributed by atoms with E-state index in [0.29, 0.717) is 11.5 Å². The normalized spacial score (nSPS) is 10.7. The van der Waals surface area contributed by atoms with Gasteiger partial charge in [0.15, 0.2) is 11.5 Å². The minimum Gasteiger partial charge on any atom is -0.382 e. The van der Waals surface area contributed by atoms with Crippen molar-refractivity contribution in [1.82, 2.24) is 14.8 Å². The molecular weight excluding hydrogens is 340 g/mol. The summed E-state index contributed by atoms with van der Waals surface area (Å²) in [6, 6.07) is 18.4. The van der Waals surface area contributed by atoms with E-state index in [1.54, 1.807) is 10.9 Å². The summed E-state index contributed by atoms with van der Waals surface area (Å²) < 4.78 is 1.66. The topological polar surface area (TPSA) is 97.9 Å². The van der Waals surface area contributed by atoms with Gasteiger partial charge >= 0.3 is 6.03 Å². The van der Waals surface area contributed by atoms with Crippen LogP contribution in [0.15, 0.2) is 66.9 Å². The zero-order chi connectivity index (χ0) is 18.8. The van der Waals surface area contributed by atoms with Crippen LogP contribution in [0.4, 0.5) is 22.0 Å². The molecule has 0 atom stereocenters. The van der Waals surface area contributed by atoms with Crippen molar-refractivity contribution in [2.24, 2.45) is 7.05 Å². The van der Waals surface area contributed by atoms with Gasteiger partial charge in [-0.15, -0.1) is 0 Å². The second kappa shape index (κ2) is 6.80. The maximum Gasteiger partial charge on any atom is 0.323 e. The number of anilines is 3. The molecule has 27 heavy (non-hydrogen) atoms. The number of aryl methyl sites for hydroxylation is 1. The summed E-state index contributed by atoms with van der Waals surface area (Å²) in [5, 5.41) is 10.7. The summed E-state index contributed by atoms with van der Waals surface area (Å²) >= 11 is 0. The number of pyridine rings is 1. The number of para-hydroxylation sites is 1. The summed E-state index contributed by atoms with van der Waals surface area (Å²) in [5.74, 6) is 0.444. The highest BCUT2D eigenvalue weighted by molar-refractivity contribution is 6.01. The lowest BCUT2D eigenvalue weighted by Crippen LogP contribution is -2.19. The molecule has 2 aromatic carbocycles. The first-order chi connectivity index (χ1) is 13.1. The molecule has 0 saturated heterocycles. The maximum atomic E-state index is 12.1. The number of nitrogens with zero attached hydrogens (tertiary/aromatic N) is 3. The average Bonchev–Trinajstić information content (AvgIpc) is 2.97. The van der Waals surface area contributed by atoms with E-state index in [0.717, 1.165) is 27.8 Å². The number of rotatable bonds is 3. The lowest BCUT2D eigenvalue weighted by atomic mass is 10.0. The fourth-order valence-electron chi connectivity index (χ4n) is 3.00. The first-order valence-corrected chi connectivity index (χ1v) is 8.42. The largest absolute Gasteiger partial charge is 0.382 e. The fraction of sp³-hybridized carbons (Fsp3) is 0.0500. The van der Waals surface area contributed by atoms with Crippen molar-refractivity contribution in [1.29, 1.82) is 0 Å². The zero-order valence-electron chi connectivity index (χ0n) is 14.7. The zero-order valence-corrected chi connectivity index (χ0v) is 14.7. The smallest absolute Gasteiger partial charge is 0.323 e. The molecule has 0 aliphatic rings. The SMILES string of the molecule is Cn1nc(N)c2c(-c3ccc(NC(=O)Nc4ccccc4)cc3)ccnc21. The number of carbonyl (C=O) groups excluding carboxylic acids is 1. The molecule has 0 bridgehead atoms. The number of hydrogen-bond acceptors (Lipinski definition) is 4. The second-order valence-corrected chi connectivity index (χ2v) is 6.09. The van der Waals surface area contributed by atoms with E-state index in [1.807, 2.05) is 67.7 Å². The molecular formula is C20H18N6O. The van der Waals surface area contributed by atoms with Gasteiger partial charge in [0.25, 0.3) is 0 Å². The third-order valence-electron chi connectivity index (χ3n) is 4.24. The van der Waals surface area contributed by atoms with Crippen molar-refractivity contribution in [3.05, 3.63) is 66.9 Å². The first-order valence-electron chi connectivity index (χ1n) is 8.42. The molecule has 4 aromatic rings. The number of hydrogen-bond donors (Lipinski definition) is 3. The predicted molar refractivity (Wildman–Crippen MR) is 107 cm³/mol. The highest BCUT2D eigenvalue weighted by Crippen LogP contribution is 2.31. The van der Waals surface area contributed by atoms with Crippen LogP contribution in [0.1, 0.15) is 0 Å². The summed E-state index contributed by atoms with van der Waals surface area (Å²) in [6.07, 6.45) is 1.73. The Labute approximate surface area is 155 Å².